The van der Waals surface area contributed by atoms with Crippen molar-refractivity contribution in [1.82, 2.24) is 10.6 Å². The average Bonchev–Trinajstić information content (AvgIpc) is 2.37. The molecule has 0 bridgehead atoms. The standard InChI is InChI=1S/C13H15FN2O5/c1-7(8-4-2-3-5-9(8)14)15-13(21)16-10(12(19)20)6-11(17)18/h2-5,7,10H,6H2,1H3,(H,17,18)(H,19,20)(H2,15,16,21)/t7?,10-/m1/s1. The van der Waals surface area contributed by atoms with E-state index in [0.29, 0.717) is 0 Å². The predicted molar refractivity (Wildman–Crippen MR) is 70.2 cm³/mol. The maximum Gasteiger partial charge on any atom is 0.326 e. The molecule has 7 nitrogen and oxygen atoms in total. The number of carboxylic acid groups (broad SMARTS) is 2. The van der Waals surface area contributed by atoms with Crippen molar-refractivity contribution in [1.29, 1.82) is 0 Å². The summed E-state index contributed by atoms with van der Waals surface area (Å²) in [6.07, 6.45) is -0.753. The minimum Gasteiger partial charge on any atom is -0.481 e. The van der Waals surface area contributed by atoms with E-state index < -0.39 is 42.3 Å². The molecule has 0 heterocycles. The maximum absolute atomic E-state index is 13.5. The van der Waals surface area contributed by atoms with Crippen LogP contribution in [0.15, 0.2) is 24.3 Å². The summed E-state index contributed by atoms with van der Waals surface area (Å²) < 4.78 is 13.5. The second kappa shape index (κ2) is 7.22. The van der Waals surface area contributed by atoms with E-state index >= 15 is 0 Å². The van der Waals surface area contributed by atoms with Crippen LogP contribution in [0.2, 0.25) is 0 Å². The molecule has 2 amide bonds. The fraction of sp³-hybridized carbons (Fsp3) is 0.308. The first-order valence-electron chi connectivity index (χ1n) is 6.07. The number of hydrogen-bond acceptors (Lipinski definition) is 3. The Balaban J connectivity index is 2.66. The number of carbonyl (C=O) groups excluding carboxylic acids is 1. The van der Waals surface area contributed by atoms with Crippen molar-refractivity contribution >= 4 is 18.0 Å². The van der Waals surface area contributed by atoms with E-state index in [1.807, 2.05) is 5.32 Å². The van der Waals surface area contributed by atoms with E-state index in [1.165, 1.54) is 25.1 Å². The van der Waals surface area contributed by atoms with Crippen molar-refractivity contribution in [2.45, 2.75) is 25.4 Å². The minimum absolute atomic E-state index is 0.234. The lowest BCUT2D eigenvalue weighted by Crippen LogP contribution is -2.47. The van der Waals surface area contributed by atoms with Crippen LogP contribution in [0.25, 0.3) is 0 Å². The van der Waals surface area contributed by atoms with Crippen LogP contribution in [0.4, 0.5) is 9.18 Å². The number of carbonyl (C=O) groups is 3. The molecule has 0 saturated carbocycles. The Hall–Kier alpha value is -2.64. The molecule has 0 aliphatic carbocycles. The number of rotatable bonds is 6. The molecule has 0 radical (unpaired) electrons. The number of amides is 2. The van der Waals surface area contributed by atoms with Crippen LogP contribution in [0.3, 0.4) is 0 Å². The number of hydrogen-bond donors (Lipinski definition) is 4. The molecule has 1 aromatic rings. The van der Waals surface area contributed by atoms with Gasteiger partial charge in [0.15, 0.2) is 0 Å². The normalized spacial score (nSPS) is 13.0. The fourth-order valence-electron chi connectivity index (χ4n) is 1.68. The molecule has 1 aromatic carbocycles. The Morgan fingerprint density at radius 1 is 1.19 bits per heavy atom. The number of nitrogens with one attached hydrogen (secondary N) is 2. The van der Waals surface area contributed by atoms with E-state index in [1.54, 1.807) is 6.07 Å². The lowest BCUT2D eigenvalue weighted by atomic mass is 10.1. The third-order valence-electron chi connectivity index (χ3n) is 2.70. The molecule has 0 aliphatic heterocycles. The summed E-state index contributed by atoms with van der Waals surface area (Å²) in [6.45, 7) is 1.52. The highest BCUT2D eigenvalue weighted by molar-refractivity contribution is 5.86. The Bertz CT molecular complexity index is 549. The highest BCUT2D eigenvalue weighted by Gasteiger charge is 2.24. The van der Waals surface area contributed by atoms with Gasteiger partial charge >= 0.3 is 18.0 Å². The number of aliphatic carboxylic acids is 2. The van der Waals surface area contributed by atoms with Crippen LogP contribution in [0.1, 0.15) is 24.9 Å². The van der Waals surface area contributed by atoms with E-state index in [0.717, 1.165) is 0 Å². The lowest BCUT2D eigenvalue weighted by Gasteiger charge is -2.18. The molecule has 1 unspecified atom stereocenters. The topological polar surface area (TPSA) is 116 Å². The van der Waals surface area contributed by atoms with Crippen LogP contribution in [0, 0.1) is 5.82 Å². The van der Waals surface area contributed by atoms with Crippen molar-refractivity contribution in [3.05, 3.63) is 35.6 Å². The summed E-state index contributed by atoms with van der Waals surface area (Å²) in [6, 6.07) is 2.65. The van der Waals surface area contributed by atoms with Crippen molar-refractivity contribution < 1.29 is 29.0 Å². The second-order valence-electron chi connectivity index (χ2n) is 4.35. The largest absolute Gasteiger partial charge is 0.481 e. The second-order valence-corrected chi connectivity index (χ2v) is 4.35. The molecular formula is C13H15FN2O5. The van der Waals surface area contributed by atoms with Crippen LogP contribution >= 0.6 is 0 Å². The Morgan fingerprint density at radius 3 is 2.33 bits per heavy atom. The third kappa shape index (κ3) is 5.09. The van der Waals surface area contributed by atoms with E-state index in [-0.39, 0.29) is 5.56 Å². The summed E-state index contributed by atoms with van der Waals surface area (Å²) in [5, 5.41) is 21.7. The Labute approximate surface area is 119 Å². The summed E-state index contributed by atoms with van der Waals surface area (Å²) in [5.41, 5.74) is 0.234. The molecule has 21 heavy (non-hydrogen) atoms. The molecule has 4 N–H and O–H groups in total. The molecule has 0 spiro atoms. The van der Waals surface area contributed by atoms with Gasteiger partial charge < -0.3 is 20.8 Å². The zero-order valence-electron chi connectivity index (χ0n) is 11.2. The summed E-state index contributed by atoms with van der Waals surface area (Å²) in [4.78, 5) is 32.9. The highest BCUT2D eigenvalue weighted by Crippen LogP contribution is 2.15. The highest BCUT2D eigenvalue weighted by atomic mass is 19.1. The van der Waals surface area contributed by atoms with Gasteiger partial charge in [0.1, 0.15) is 11.9 Å². The van der Waals surface area contributed by atoms with Crippen molar-refractivity contribution in [2.24, 2.45) is 0 Å². The fourth-order valence-corrected chi connectivity index (χ4v) is 1.68. The zero-order chi connectivity index (χ0) is 16.0. The SMILES string of the molecule is CC(NC(=O)N[C@H](CC(=O)O)C(=O)O)c1ccccc1F. The zero-order valence-corrected chi connectivity index (χ0v) is 11.2. The minimum atomic E-state index is -1.56. The van der Waals surface area contributed by atoms with Gasteiger partial charge in [-0.15, -0.1) is 0 Å². The molecule has 2 atom stereocenters. The summed E-state index contributed by atoms with van der Waals surface area (Å²) in [7, 11) is 0. The number of benzene rings is 1. The van der Waals surface area contributed by atoms with Gasteiger partial charge in [0.25, 0.3) is 0 Å². The molecule has 114 valence electrons. The van der Waals surface area contributed by atoms with E-state index in [9.17, 15) is 18.8 Å². The predicted octanol–water partition coefficient (Wildman–Crippen LogP) is 1.11. The van der Waals surface area contributed by atoms with Gasteiger partial charge in [-0.3, -0.25) is 4.79 Å². The van der Waals surface area contributed by atoms with Crippen LogP contribution in [-0.2, 0) is 9.59 Å². The smallest absolute Gasteiger partial charge is 0.326 e. The van der Waals surface area contributed by atoms with Crippen molar-refractivity contribution in [3.63, 3.8) is 0 Å². The van der Waals surface area contributed by atoms with Gasteiger partial charge in [0, 0.05) is 5.56 Å². The quantitative estimate of drug-likeness (QED) is 0.628. The van der Waals surface area contributed by atoms with Gasteiger partial charge in [-0.2, -0.15) is 0 Å². The molecule has 0 saturated heterocycles. The maximum atomic E-state index is 13.5. The number of urea groups is 1. The van der Waals surface area contributed by atoms with Gasteiger partial charge in [-0.25, -0.2) is 14.0 Å². The molecular weight excluding hydrogens is 283 g/mol. The van der Waals surface area contributed by atoms with Crippen LogP contribution in [-0.4, -0.2) is 34.2 Å². The Kier molecular flexibility index (Phi) is 5.65. The van der Waals surface area contributed by atoms with Gasteiger partial charge in [-0.05, 0) is 13.0 Å². The van der Waals surface area contributed by atoms with Gasteiger partial charge in [-0.1, -0.05) is 18.2 Å². The molecule has 8 heteroatoms. The Morgan fingerprint density at radius 2 is 1.81 bits per heavy atom. The van der Waals surface area contributed by atoms with Gasteiger partial charge in [0.2, 0.25) is 0 Å². The van der Waals surface area contributed by atoms with Crippen LogP contribution in [0.5, 0.6) is 0 Å². The van der Waals surface area contributed by atoms with Crippen molar-refractivity contribution in [2.75, 3.05) is 0 Å². The molecule has 1 rings (SSSR count). The summed E-state index contributed by atoms with van der Waals surface area (Å²) >= 11 is 0. The first-order valence-corrected chi connectivity index (χ1v) is 6.07. The molecule has 0 aliphatic rings. The molecule has 0 aromatic heterocycles. The first kappa shape index (κ1) is 16.4. The first-order chi connectivity index (χ1) is 9.81. The number of carboxylic acids is 2. The van der Waals surface area contributed by atoms with Crippen molar-refractivity contribution in [3.8, 4) is 0 Å². The average molecular weight is 298 g/mol. The number of halogens is 1. The van der Waals surface area contributed by atoms with Crippen LogP contribution < -0.4 is 10.6 Å². The van der Waals surface area contributed by atoms with E-state index in [4.69, 9.17) is 10.2 Å². The summed E-state index contributed by atoms with van der Waals surface area (Å²) in [5.74, 6) is -3.33. The van der Waals surface area contributed by atoms with Gasteiger partial charge in [0.05, 0.1) is 12.5 Å². The monoisotopic (exact) mass is 298 g/mol. The lowest BCUT2D eigenvalue weighted by molar-refractivity contribution is -0.145. The van der Waals surface area contributed by atoms with E-state index in [2.05, 4.69) is 5.32 Å². The third-order valence-corrected chi connectivity index (χ3v) is 2.70. The molecule has 0 fully saturated rings.